The standard InChI is InChI=1S/C14H27NO3/c1-11(2)5-4-9-18-10-8-13(14(16)17-3)15-12-6-7-12/h11-13,15H,4-10H2,1-3H3. The van der Waals surface area contributed by atoms with Crippen molar-refractivity contribution >= 4 is 5.97 Å². The zero-order chi connectivity index (χ0) is 13.4. The Labute approximate surface area is 110 Å². The number of hydrogen-bond acceptors (Lipinski definition) is 4. The van der Waals surface area contributed by atoms with Crippen LogP contribution in [-0.2, 0) is 14.3 Å². The molecule has 0 aromatic rings. The maximum atomic E-state index is 11.5. The average Bonchev–Trinajstić information content (AvgIpc) is 3.14. The van der Waals surface area contributed by atoms with Gasteiger partial charge in [-0.25, -0.2) is 0 Å². The number of ether oxygens (including phenoxy) is 2. The molecule has 1 fully saturated rings. The van der Waals surface area contributed by atoms with Crippen molar-refractivity contribution in [1.82, 2.24) is 5.32 Å². The van der Waals surface area contributed by atoms with E-state index >= 15 is 0 Å². The highest BCUT2D eigenvalue weighted by Crippen LogP contribution is 2.20. The molecule has 4 nitrogen and oxygen atoms in total. The fourth-order valence-corrected chi connectivity index (χ4v) is 1.84. The lowest BCUT2D eigenvalue weighted by molar-refractivity contribution is -0.143. The summed E-state index contributed by atoms with van der Waals surface area (Å²) in [5.41, 5.74) is 0. The molecule has 1 aliphatic carbocycles. The largest absolute Gasteiger partial charge is 0.468 e. The summed E-state index contributed by atoms with van der Waals surface area (Å²) in [4.78, 5) is 11.5. The minimum Gasteiger partial charge on any atom is -0.468 e. The van der Waals surface area contributed by atoms with Gasteiger partial charge in [-0.1, -0.05) is 13.8 Å². The van der Waals surface area contributed by atoms with E-state index in [9.17, 15) is 4.79 Å². The Hall–Kier alpha value is -0.610. The number of carbonyl (C=O) groups is 1. The minimum absolute atomic E-state index is 0.173. The molecule has 1 saturated carbocycles. The summed E-state index contributed by atoms with van der Waals surface area (Å²) in [5, 5.41) is 3.30. The van der Waals surface area contributed by atoms with Gasteiger partial charge in [0.15, 0.2) is 0 Å². The molecule has 1 aliphatic rings. The van der Waals surface area contributed by atoms with Crippen LogP contribution in [0.15, 0.2) is 0 Å². The van der Waals surface area contributed by atoms with Gasteiger partial charge in [-0.15, -0.1) is 0 Å². The van der Waals surface area contributed by atoms with Gasteiger partial charge < -0.3 is 14.8 Å². The van der Waals surface area contributed by atoms with Crippen LogP contribution in [0.25, 0.3) is 0 Å². The fraction of sp³-hybridized carbons (Fsp3) is 0.929. The van der Waals surface area contributed by atoms with E-state index in [0.29, 0.717) is 19.1 Å². The van der Waals surface area contributed by atoms with Crippen molar-refractivity contribution in [2.24, 2.45) is 5.92 Å². The topological polar surface area (TPSA) is 47.6 Å². The number of rotatable bonds is 10. The zero-order valence-corrected chi connectivity index (χ0v) is 11.9. The lowest BCUT2D eigenvalue weighted by Crippen LogP contribution is -2.39. The monoisotopic (exact) mass is 257 g/mol. The van der Waals surface area contributed by atoms with Crippen LogP contribution in [0.1, 0.15) is 46.0 Å². The first-order valence-corrected chi connectivity index (χ1v) is 7.05. The van der Waals surface area contributed by atoms with E-state index in [0.717, 1.165) is 18.9 Å². The number of carbonyl (C=O) groups excluding carboxylic acids is 1. The van der Waals surface area contributed by atoms with Crippen LogP contribution in [0.4, 0.5) is 0 Å². The minimum atomic E-state index is -0.201. The lowest BCUT2D eigenvalue weighted by atomic mass is 10.1. The molecule has 18 heavy (non-hydrogen) atoms. The number of methoxy groups -OCH3 is 1. The van der Waals surface area contributed by atoms with Gasteiger partial charge >= 0.3 is 5.97 Å². The average molecular weight is 257 g/mol. The van der Waals surface area contributed by atoms with Crippen molar-refractivity contribution in [2.75, 3.05) is 20.3 Å². The number of nitrogens with one attached hydrogen (secondary N) is 1. The van der Waals surface area contributed by atoms with Crippen LogP contribution in [0, 0.1) is 5.92 Å². The Bertz CT molecular complexity index is 239. The fourth-order valence-electron chi connectivity index (χ4n) is 1.84. The number of esters is 1. The van der Waals surface area contributed by atoms with Gasteiger partial charge in [0.1, 0.15) is 6.04 Å². The summed E-state index contributed by atoms with van der Waals surface area (Å²) in [6.07, 6.45) is 5.33. The van der Waals surface area contributed by atoms with Gasteiger partial charge in [0.2, 0.25) is 0 Å². The summed E-state index contributed by atoms with van der Waals surface area (Å²) in [6, 6.07) is 0.308. The second-order valence-corrected chi connectivity index (χ2v) is 5.45. The van der Waals surface area contributed by atoms with Gasteiger partial charge in [-0.3, -0.25) is 4.79 Å². The molecule has 4 heteroatoms. The molecule has 0 aromatic heterocycles. The second-order valence-electron chi connectivity index (χ2n) is 5.45. The molecule has 0 heterocycles. The molecule has 0 aromatic carbocycles. The Morgan fingerprint density at radius 3 is 2.56 bits per heavy atom. The highest BCUT2D eigenvalue weighted by Gasteiger charge is 2.28. The first kappa shape index (κ1) is 15.4. The molecular weight excluding hydrogens is 230 g/mol. The molecule has 0 amide bonds. The SMILES string of the molecule is COC(=O)C(CCOCCCC(C)C)NC1CC1. The quantitative estimate of drug-likeness (QED) is 0.481. The predicted octanol–water partition coefficient (Wildman–Crippen LogP) is 2.12. The highest BCUT2D eigenvalue weighted by molar-refractivity contribution is 5.75. The summed E-state index contributed by atoms with van der Waals surface area (Å²) in [7, 11) is 1.44. The van der Waals surface area contributed by atoms with E-state index in [-0.39, 0.29) is 12.0 Å². The normalized spacial score (nSPS) is 16.9. The van der Waals surface area contributed by atoms with Crippen molar-refractivity contribution in [1.29, 1.82) is 0 Å². The molecular formula is C14H27NO3. The molecule has 1 N–H and O–H groups in total. The smallest absolute Gasteiger partial charge is 0.322 e. The molecule has 1 atom stereocenters. The van der Waals surface area contributed by atoms with Crippen LogP contribution >= 0.6 is 0 Å². The first-order chi connectivity index (χ1) is 8.63. The molecule has 0 bridgehead atoms. The van der Waals surface area contributed by atoms with E-state index in [4.69, 9.17) is 9.47 Å². The molecule has 1 unspecified atom stereocenters. The van der Waals surface area contributed by atoms with Gasteiger partial charge in [0, 0.05) is 19.3 Å². The third-order valence-corrected chi connectivity index (χ3v) is 3.12. The summed E-state index contributed by atoms with van der Waals surface area (Å²) in [5.74, 6) is 0.556. The Morgan fingerprint density at radius 1 is 1.28 bits per heavy atom. The van der Waals surface area contributed by atoms with Gasteiger partial charge in [0.05, 0.1) is 7.11 Å². The lowest BCUT2D eigenvalue weighted by Gasteiger charge is -2.16. The first-order valence-electron chi connectivity index (χ1n) is 7.05. The van der Waals surface area contributed by atoms with Crippen LogP contribution in [-0.4, -0.2) is 38.4 Å². The van der Waals surface area contributed by atoms with Crippen LogP contribution in [0.3, 0.4) is 0 Å². The number of hydrogen-bond donors (Lipinski definition) is 1. The van der Waals surface area contributed by atoms with Crippen LogP contribution in [0.2, 0.25) is 0 Å². The van der Waals surface area contributed by atoms with Gasteiger partial charge in [0.25, 0.3) is 0 Å². The Balaban J connectivity index is 2.07. The van der Waals surface area contributed by atoms with Crippen molar-refractivity contribution in [3.63, 3.8) is 0 Å². The zero-order valence-electron chi connectivity index (χ0n) is 11.9. The molecule has 0 radical (unpaired) electrons. The predicted molar refractivity (Wildman–Crippen MR) is 71.5 cm³/mol. The van der Waals surface area contributed by atoms with E-state index in [1.165, 1.54) is 26.4 Å². The highest BCUT2D eigenvalue weighted by atomic mass is 16.5. The molecule has 0 spiro atoms. The third-order valence-electron chi connectivity index (χ3n) is 3.12. The molecule has 0 aliphatic heterocycles. The van der Waals surface area contributed by atoms with Crippen molar-refractivity contribution in [3.05, 3.63) is 0 Å². The van der Waals surface area contributed by atoms with E-state index < -0.39 is 0 Å². The third kappa shape index (κ3) is 6.97. The van der Waals surface area contributed by atoms with Crippen molar-refractivity contribution in [3.8, 4) is 0 Å². The second kappa shape index (κ2) is 8.48. The van der Waals surface area contributed by atoms with E-state index in [1.807, 2.05) is 0 Å². The summed E-state index contributed by atoms with van der Waals surface area (Å²) >= 11 is 0. The van der Waals surface area contributed by atoms with E-state index in [2.05, 4.69) is 19.2 Å². The van der Waals surface area contributed by atoms with Crippen LogP contribution < -0.4 is 5.32 Å². The summed E-state index contributed by atoms with van der Waals surface area (Å²) in [6.45, 7) is 5.84. The van der Waals surface area contributed by atoms with Gasteiger partial charge in [-0.2, -0.15) is 0 Å². The molecule has 106 valence electrons. The Morgan fingerprint density at radius 2 is 2.00 bits per heavy atom. The summed E-state index contributed by atoms with van der Waals surface area (Å²) < 4.78 is 10.4. The maximum Gasteiger partial charge on any atom is 0.322 e. The van der Waals surface area contributed by atoms with Gasteiger partial charge in [-0.05, 0) is 38.0 Å². The van der Waals surface area contributed by atoms with Crippen molar-refractivity contribution in [2.45, 2.75) is 58.0 Å². The molecule has 1 rings (SSSR count). The Kier molecular flexibility index (Phi) is 7.28. The molecule has 0 saturated heterocycles. The maximum absolute atomic E-state index is 11.5. The van der Waals surface area contributed by atoms with E-state index in [1.54, 1.807) is 0 Å². The van der Waals surface area contributed by atoms with Crippen LogP contribution in [0.5, 0.6) is 0 Å². The van der Waals surface area contributed by atoms with Crippen molar-refractivity contribution < 1.29 is 14.3 Å².